The predicted octanol–water partition coefficient (Wildman–Crippen LogP) is 13.5. The van der Waals surface area contributed by atoms with Gasteiger partial charge >= 0.3 is 0 Å². The van der Waals surface area contributed by atoms with Crippen molar-refractivity contribution in [2.75, 3.05) is 9.80 Å². The number of hydrogen-bond acceptors (Lipinski definition) is 3. The van der Waals surface area contributed by atoms with Crippen molar-refractivity contribution in [2.24, 2.45) is 0 Å². The molecule has 0 radical (unpaired) electrons. The summed E-state index contributed by atoms with van der Waals surface area (Å²) < 4.78 is 1.36. The molecule has 288 valence electrons. The first kappa shape index (κ1) is 38.6. The average Bonchev–Trinajstić information content (AvgIpc) is 3.48. The highest BCUT2D eigenvalue weighted by molar-refractivity contribution is 7.26. The monoisotopic (exact) mass is 756 g/mol. The largest absolute Gasteiger partial charge is 0.311 e. The molecule has 2 aliphatic rings. The van der Waals surface area contributed by atoms with E-state index in [2.05, 4.69) is 211 Å². The van der Waals surface area contributed by atoms with Crippen LogP contribution in [0.5, 0.6) is 0 Å². The Hall–Kier alpha value is -4.28. The molecule has 0 fully saturated rings. The molecule has 1 aromatic heterocycles. The van der Waals surface area contributed by atoms with E-state index in [9.17, 15) is 0 Å². The number of anilines is 6. The maximum Gasteiger partial charge on any atom is 0.254 e. The Bertz CT molecular complexity index is 2480. The molecular formula is C52H61BN2S. The SMILES string of the molecule is CC(C)(C)c1ccc(N2c3ccc(C(C)(C)C)cc3B3c4c2cc(C(C)(C)C)cc4N(c2ccc(C(C)(C)C)cc2)c2sc4cc(C(C)(C)C)ccc4c23)cc1. The molecule has 8 rings (SSSR count). The van der Waals surface area contributed by atoms with E-state index >= 15 is 0 Å². The van der Waals surface area contributed by atoms with Crippen LogP contribution in [0, 0.1) is 0 Å². The molecular weight excluding hydrogens is 695 g/mol. The van der Waals surface area contributed by atoms with Crippen LogP contribution >= 0.6 is 11.3 Å². The second kappa shape index (κ2) is 12.6. The zero-order chi connectivity index (χ0) is 40.5. The normalized spacial score (nSPS) is 14.6. The van der Waals surface area contributed by atoms with Crippen molar-refractivity contribution in [1.29, 1.82) is 0 Å². The molecule has 0 saturated heterocycles. The third-order valence-corrected chi connectivity index (χ3v) is 13.4. The van der Waals surface area contributed by atoms with Gasteiger partial charge in [0.05, 0.1) is 5.00 Å². The average molecular weight is 757 g/mol. The van der Waals surface area contributed by atoms with Crippen LogP contribution in [0.15, 0.2) is 97.1 Å². The summed E-state index contributed by atoms with van der Waals surface area (Å²) in [5, 5.41) is 2.70. The molecule has 4 heteroatoms. The van der Waals surface area contributed by atoms with Crippen molar-refractivity contribution < 1.29 is 0 Å². The maximum atomic E-state index is 2.62. The van der Waals surface area contributed by atoms with Crippen LogP contribution in [0.3, 0.4) is 0 Å². The Kier molecular flexibility index (Phi) is 8.69. The van der Waals surface area contributed by atoms with Gasteiger partial charge in [0.2, 0.25) is 0 Å². The van der Waals surface area contributed by atoms with Crippen molar-refractivity contribution in [3.8, 4) is 0 Å². The first-order valence-corrected chi connectivity index (χ1v) is 21.5. The fourth-order valence-corrected chi connectivity index (χ4v) is 9.96. The van der Waals surface area contributed by atoms with Crippen molar-refractivity contribution in [3.63, 3.8) is 0 Å². The van der Waals surface area contributed by atoms with Gasteiger partial charge in [-0.05, 0) is 125 Å². The first-order chi connectivity index (χ1) is 25.9. The van der Waals surface area contributed by atoms with Crippen LogP contribution in [0.1, 0.15) is 132 Å². The van der Waals surface area contributed by atoms with Crippen molar-refractivity contribution in [1.82, 2.24) is 0 Å². The number of nitrogens with zero attached hydrogens (tertiary/aromatic N) is 2. The highest BCUT2D eigenvalue weighted by atomic mass is 32.1. The summed E-state index contributed by atoms with van der Waals surface area (Å²) in [6.07, 6.45) is 0. The van der Waals surface area contributed by atoms with Gasteiger partial charge < -0.3 is 9.80 Å². The van der Waals surface area contributed by atoms with Crippen molar-refractivity contribution in [3.05, 3.63) is 125 Å². The van der Waals surface area contributed by atoms with E-state index in [0.717, 1.165) is 0 Å². The van der Waals surface area contributed by atoms with Crippen LogP contribution in [-0.2, 0) is 27.1 Å². The van der Waals surface area contributed by atoms with E-state index in [0.29, 0.717) is 0 Å². The van der Waals surface area contributed by atoms with E-state index < -0.39 is 0 Å². The summed E-state index contributed by atoms with van der Waals surface area (Å²) in [4.78, 5) is 5.20. The third-order valence-electron chi connectivity index (χ3n) is 12.3. The molecule has 6 aromatic rings. The molecule has 0 amide bonds. The molecule has 5 aromatic carbocycles. The van der Waals surface area contributed by atoms with Crippen LogP contribution in [0.2, 0.25) is 0 Å². The molecule has 0 N–H and O–H groups in total. The summed E-state index contributed by atoms with van der Waals surface area (Å²) in [7, 11) is 0. The van der Waals surface area contributed by atoms with E-state index in [1.165, 1.54) is 87.7 Å². The third kappa shape index (κ3) is 6.41. The van der Waals surface area contributed by atoms with Gasteiger partial charge in [-0.1, -0.05) is 152 Å². The molecule has 0 bridgehead atoms. The fraction of sp³-hybridized carbons (Fsp3) is 0.385. The van der Waals surface area contributed by atoms with Crippen LogP contribution < -0.4 is 26.2 Å². The second-order valence-electron chi connectivity index (χ2n) is 21.7. The lowest BCUT2D eigenvalue weighted by Crippen LogP contribution is -2.61. The fourth-order valence-electron chi connectivity index (χ4n) is 8.64. The van der Waals surface area contributed by atoms with Gasteiger partial charge in [-0.25, -0.2) is 0 Å². The molecule has 2 nitrogen and oxygen atoms in total. The Labute approximate surface area is 342 Å². The number of fused-ring (bicyclic) bond motifs is 6. The van der Waals surface area contributed by atoms with Gasteiger partial charge in [-0.2, -0.15) is 0 Å². The smallest absolute Gasteiger partial charge is 0.254 e. The first-order valence-electron chi connectivity index (χ1n) is 20.6. The Morgan fingerprint density at radius 3 is 1.32 bits per heavy atom. The van der Waals surface area contributed by atoms with Gasteiger partial charge in [0.25, 0.3) is 6.71 Å². The molecule has 0 unspecified atom stereocenters. The second-order valence-corrected chi connectivity index (χ2v) is 22.7. The van der Waals surface area contributed by atoms with Gasteiger partial charge in [0.1, 0.15) is 0 Å². The minimum Gasteiger partial charge on any atom is -0.311 e. The summed E-state index contributed by atoms with van der Waals surface area (Å²) in [5.74, 6) is 0. The number of benzene rings is 5. The summed E-state index contributed by atoms with van der Waals surface area (Å²) >= 11 is 1.97. The molecule has 0 aliphatic carbocycles. The minimum absolute atomic E-state index is 0.00404. The lowest BCUT2D eigenvalue weighted by Gasteiger charge is -2.44. The van der Waals surface area contributed by atoms with Crippen molar-refractivity contribution >= 4 is 78.0 Å². The molecule has 0 spiro atoms. The van der Waals surface area contributed by atoms with E-state index in [-0.39, 0.29) is 33.8 Å². The molecule has 3 heterocycles. The van der Waals surface area contributed by atoms with Gasteiger partial charge in [0.15, 0.2) is 0 Å². The number of hydrogen-bond donors (Lipinski definition) is 0. The highest BCUT2D eigenvalue weighted by Crippen LogP contribution is 2.50. The lowest BCUT2D eigenvalue weighted by molar-refractivity contribution is 0.589. The van der Waals surface area contributed by atoms with Crippen LogP contribution in [-0.4, -0.2) is 6.71 Å². The summed E-state index contributed by atoms with van der Waals surface area (Å²) in [6, 6.07) is 38.5. The van der Waals surface area contributed by atoms with Gasteiger partial charge in [-0.15, -0.1) is 11.3 Å². The van der Waals surface area contributed by atoms with E-state index in [1.807, 2.05) is 11.3 Å². The van der Waals surface area contributed by atoms with Gasteiger partial charge in [0, 0.05) is 33.1 Å². The highest BCUT2D eigenvalue weighted by Gasteiger charge is 2.46. The van der Waals surface area contributed by atoms with Crippen molar-refractivity contribution in [2.45, 2.75) is 131 Å². The Morgan fingerprint density at radius 2 is 0.821 bits per heavy atom. The Balaban J connectivity index is 1.51. The van der Waals surface area contributed by atoms with E-state index in [1.54, 1.807) is 0 Å². The van der Waals surface area contributed by atoms with Crippen LogP contribution in [0.4, 0.5) is 33.4 Å². The van der Waals surface area contributed by atoms with E-state index in [4.69, 9.17) is 0 Å². The molecule has 2 aliphatic heterocycles. The molecule has 0 atom stereocenters. The topological polar surface area (TPSA) is 6.48 Å². The molecule has 56 heavy (non-hydrogen) atoms. The summed E-state index contributed by atoms with van der Waals surface area (Å²) in [5.41, 5.74) is 17.4. The molecule has 0 saturated carbocycles. The maximum absolute atomic E-state index is 2.62. The quantitative estimate of drug-likeness (QED) is 0.162. The Morgan fingerprint density at radius 1 is 0.393 bits per heavy atom. The summed E-state index contributed by atoms with van der Waals surface area (Å²) in [6.45, 7) is 35.0. The standard InChI is InChI=1S/C52H61BN2S/c1-48(2,3)32-16-22-37(23-17-32)54-41-27-21-34(50(7,8)9)28-40(41)53-45-39-26-20-35(51(10,11)12)31-44(39)56-47(45)55(38-24-18-33(19-25-38)49(4,5)6)43-30-36(52(13,14)15)29-42(54)46(43)53/h16-31H,1-15H3. The zero-order valence-corrected chi connectivity index (χ0v) is 37.4. The number of rotatable bonds is 2. The van der Waals surface area contributed by atoms with Gasteiger partial charge in [-0.3, -0.25) is 0 Å². The predicted molar refractivity (Wildman–Crippen MR) is 249 cm³/mol. The lowest BCUT2D eigenvalue weighted by atomic mass is 9.33. The zero-order valence-electron chi connectivity index (χ0n) is 36.6. The number of thiophene rings is 1. The minimum atomic E-state index is -0.0665. The van der Waals surface area contributed by atoms with Crippen LogP contribution in [0.25, 0.3) is 10.1 Å².